The first-order valence-corrected chi connectivity index (χ1v) is 14.5. The van der Waals surface area contributed by atoms with E-state index in [1.54, 1.807) is 0 Å². The van der Waals surface area contributed by atoms with Gasteiger partial charge in [0.05, 0.1) is 12.1 Å². The standard InChI is InChI=1S/C30H50N2/c1-2-5-24-17-19-29(20-18-24)30(23-32)22-28-15-13-27(14-16-28)12-11-26-9-7-25(8-10-26)6-3-4-21-31/h24-30H,2-20,22H2,1H3/t24-,25-,26-,27?,28?,29-,30?. The third-order valence-electron chi connectivity index (χ3n) is 9.73. The summed E-state index contributed by atoms with van der Waals surface area (Å²) in [6, 6.07) is 5.04. The van der Waals surface area contributed by atoms with Gasteiger partial charge in [-0.15, -0.1) is 0 Å². The van der Waals surface area contributed by atoms with Gasteiger partial charge in [0.2, 0.25) is 0 Å². The molecule has 3 fully saturated rings. The molecule has 2 heteroatoms. The van der Waals surface area contributed by atoms with E-state index in [9.17, 15) is 5.26 Å². The van der Waals surface area contributed by atoms with Gasteiger partial charge in [0, 0.05) is 12.3 Å². The largest absolute Gasteiger partial charge is 0.198 e. The minimum Gasteiger partial charge on any atom is -0.198 e. The lowest BCUT2D eigenvalue weighted by atomic mass is 9.70. The Kier molecular flexibility index (Phi) is 11.4. The van der Waals surface area contributed by atoms with E-state index in [2.05, 4.69) is 19.1 Å². The zero-order valence-corrected chi connectivity index (χ0v) is 21.1. The summed E-state index contributed by atoms with van der Waals surface area (Å²) in [6.07, 6.45) is 26.7. The first-order chi connectivity index (χ1) is 15.7. The minimum absolute atomic E-state index is 0.336. The number of hydrogen-bond donors (Lipinski definition) is 0. The maximum atomic E-state index is 9.87. The van der Waals surface area contributed by atoms with Crippen LogP contribution in [0.15, 0.2) is 0 Å². The van der Waals surface area contributed by atoms with E-state index in [4.69, 9.17) is 5.26 Å². The number of nitrogens with zero attached hydrogens (tertiary/aromatic N) is 2. The fourth-order valence-electron chi connectivity index (χ4n) is 7.50. The summed E-state index contributed by atoms with van der Waals surface area (Å²) in [4.78, 5) is 0. The van der Waals surface area contributed by atoms with Crippen LogP contribution in [-0.4, -0.2) is 0 Å². The predicted octanol–water partition coefficient (Wildman–Crippen LogP) is 9.21. The number of unbranched alkanes of at least 4 members (excludes halogenated alkanes) is 1. The molecule has 0 saturated heterocycles. The van der Waals surface area contributed by atoms with Crippen molar-refractivity contribution in [3.63, 3.8) is 0 Å². The SMILES string of the molecule is CCC[C@H]1CC[C@H](C(C#N)CC2CCC(CC[C@H]3CC[C@H](CCCC#N)CC3)CC2)CC1. The molecule has 0 aromatic rings. The zero-order valence-electron chi connectivity index (χ0n) is 21.1. The maximum Gasteiger partial charge on any atom is 0.0658 e. The van der Waals surface area contributed by atoms with E-state index in [-0.39, 0.29) is 0 Å². The molecule has 180 valence electrons. The van der Waals surface area contributed by atoms with E-state index >= 15 is 0 Å². The van der Waals surface area contributed by atoms with Gasteiger partial charge in [-0.2, -0.15) is 10.5 Å². The first-order valence-electron chi connectivity index (χ1n) is 14.5. The highest BCUT2D eigenvalue weighted by Gasteiger charge is 2.31. The van der Waals surface area contributed by atoms with E-state index in [1.165, 1.54) is 116 Å². The van der Waals surface area contributed by atoms with Crippen LogP contribution in [0.5, 0.6) is 0 Å². The molecule has 0 aromatic heterocycles. The highest BCUT2D eigenvalue weighted by Crippen LogP contribution is 2.42. The van der Waals surface area contributed by atoms with Crippen LogP contribution < -0.4 is 0 Å². The minimum atomic E-state index is 0.336. The molecule has 0 aliphatic heterocycles. The second-order valence-electron chi connectivity index (χ2n) is 11.9. The summed E-state index contributed by atoms with van der Waals surface area (Å²) in [5.41, 5.74) is 0. The quantitative estimate of drug-likeness (QED) is 0.302. The van der Waals surface area contributed by atoms with E-state index in [0.29, 0.717) is 11.8 Å². The van der Waals surface area contributed by atoms with Crippen LogP contribution in [0.4, 0.5) is 0 Å². The summed E-state index contributed by atoms with van der Waals surface area (Å²) >= 11 is 0. The second-order valence-corrected chi connectivity index (χ2v) is 11.9. The summed E-state index contributed by atoms with van der Waals surface area (Å²) in [7, 11) is 0. The molecule has 3 aliphatic carbocycles. The molecule has 1 atom stereocenters. The van der Waals surface area contributed by atoms with Gasteiger partial charge in [-0.1, -0.05) is 96.8 Å². The van der Waals surface area contributed by atoms with Gasteiger partial charge in [-0.25, -0.2) is 0 Å². The fourth-order valence-corrected chi connectivity index (χ4v) is 7.50. The van der Waals surface area contributed by atoms with Gasteiger partial charge < -0.3 is 0 Å². The Hall–Kier alpha value is -1.02. The van der Waals surface area contributed by atoms with Crippen molar-refractivity contribution in [1.29, 1.82) is 10.5 Å². The Bertz CT molecular complexity index is 575. The molecular weight excluding hydrogens is 388 g/mol. The lowest BCUT2D eigenvalue weighted by Gasteiger charge is -2.35. The van der Waals surface area contributed by atoms with E-state index in [0.717, 1.165) is 42.4 Å². The van der Waals surface area contributed by atoms with Crippen LogP contribution >= 0.6 is 0 Å². The molecule has 2 nitrogen and oxygen atoms in total. The molecular formula is C30H50N2. The molecule has 32 heavy (non-hydrogen) atoms. The average Bonchev–Trinajstić information content (AvgIpc) is 2.84. The van der Waals surface area contributed by atoms with Crippen molar-refractivity contribution in [2.24, 2.45) is 41.4 Å². The molecule has 0 aromatic carbocycles. The van der Waals surface area contributed by atoms with Crippen molar-refractivity contribution in [2.45, 2.75) is 135 Å². The highest BCUT2D eigenvalue weighted by atomic mass is 14.4. The molecule has 0 heterocycles. The third kappa shape index (κ3) is 8.40. The van der Waals surface area contributed by atoms with Crippen molar-refractivity contribution >= 4 is 0 Å². The summed E-state index contributed by atoms with van der Waals surface area (Å²) < 4.78 is 0. The Morgan fingerprint density at radius 3 is 1.59 bits per heavy atom. The zero-order chi connectivity index (χ0) is 22.6. The molecule has 3 saturated carbocycles. The maximum absolute atomic E-state index is 9.87. The van der Waals surface area contributed by atoms with Crippen LogP contribution in [0.3, 0.4) is 0 Å². The van der Waals surface area contributed by atoms with Gasteiger partial charge in [0.25, 0.3) is 0 Å². The molecule has 1 unspecified atom stereocenters. The summed E-state index contributed by atoms with van der Waals surface area (Å²) in [5.74, 6) is 5.65. The molecule has 0 spiro atoms. The number of hydrogen-bond acceptors (Lipinski definition) is 2. The van der Waals surface area contributed by atoms with Gasteiger partial charge >= 0.3 is 0 Å². The van der Waals surface area contributed by atoms with Crippen LogP contribution in [0.1, 0.15) is 135 Å². The van der Waals surface area contributed by atoms with Crippen LogP contribution in [0, 0.1) is 64.1 Å². The highest BCUT2D eigenvalue weighted by molar-refractivity contribution is 4.92. The van der Waals surface area contributed by atoms with Crippen LogP contribution in [0.25, 0.3) is 0 Å². The first kappa shape index (κ1) is 25.6. The Labute approximate surface area is 199 Å². The second kappa shape index (κ2) is 14.3. The smallest absolute Gasteiger partial charge is 0.0658 e. The topological polar surface area (TPSA) is 47.6 Å². The van der Waals surface area contributed by atoms with E-state index in [1.807, 2.05) is 0 Å². The van der Waals surface area contributed by atoms with Crippen LogP contribution in [0.2, 0.25) is 0 Å². The lowest BCUT2D eigenvalue weighted by molar-refractivity contribution is 0.172. The molecule has 3 aliphatic rings. The summed E-state index contributed by atoms with van der Waals surface area (Å²) in [6.45, 7) is 2.31. The lowest BCUT2D eigenvalue weighted by Crippen LogP contribution is -2.25. The summed E-state index contributed by atoms with van der Waals surface area (Å²) in [5, 5.41) is 18.6. The van der Waals surface area contributed by atoms with Gasteiger partial charge in [0.15, 0.2) is 0 Å². The van der Waals surface area contributed by atoms with Crippen molar-refractivity contribution in [3.8, 4) is 12.1 Å². The normalized spacial score (nSPS) is 34.3. The Morgan fingerprint density at radius 1 is 0.625 bits per heavy atom. The molecule has 0 bridgehead atoms. The molecule has 0 radical (unpaired) electrons. The molecule has 0 amide bonds. The average molecular weight is 439 g/mol. The number of nitriles is 2. The fraction of sp³-hybridized carbons (Fsp3) is 0.933. The predicted molar refractivity (Wildman–Crippen MR) is 134 cm³/mol. The van der Waals surface area contributed by atoms with Gasteiger partial charge in [-0.05, 0) is 67.6 Å². The molecule has 0 N–H and O–H groups in total. The van der Waals surface area contributed by atoms with Crippen LogP contribution in [-0.2, 0) is 0 Å². The third-order valence-corrected chi connectivity index (χ3v) is 9.73. The Morgan fingerprint density at radius 2 is 1.09 bits per heavy atom. The van der Waals surface area contributed by atoms with E-state index < -0.39 is 0 Å². The van der Waals surface area contributed by atoms with Gasteiger partial charge in [-0.3, -0.25) is 0 Å². The monoisotopic (exact) mass is 438 g/mol. The Balaban J connectivity index is 1.28. The van der Waals surface area contributed by atoms with Crippen molar-refractivity contribution < 1.29 is 0 Å². The van der Waals surface area contributed by atoms with Crippen molar-refractivity contribution in [2.75, 3.05) is 0 Å². The van der Waals surface area contributed by atoms with Gasteiger partial charge in [0.1, 0.15) is 0 Å². The van der Waals surface area contributed by atoms with Crippen molar-refractivity contribution in [3.05, 3.63) is 0 Å². The molecule has 3 rings (SSSR count). The number of rotatable bonds is 11. The van der Waals surface area contributed by atoms with Crippen molar-refractivity contribution in [1.82, 2.24) is 0 Å².